The van der Waals surface area contributed by atoms with Gasteiger partial charge in [0, 0.05) is 30.1 Å². The summed E-state index contributed by atoms with van der Waals surface area (Å²) in [4.78, 5) is 39.2. The first-order chi connectivity index (χ1) is 15.0. The predicted molar refractivity (Wildman–Crippen MR) is 113 cm³/mol. The van der Waals surface area contributed by atoms with E-state index in [4.69, 9.17) is 14.2 Å². The summed E-state index contributed by atoms with van der Waals surface area (Å²) < 4.78 is 15.8. The maximum Gasteiger partial charge on any atom is 0.262 e. The lowest BCUT2D eigenvalue weighted by atomic mass is 9.88. The third-order valence-corrected chi connectivity index (χ3v) is 5.68. The summed E-state index contributed by atoms with van der Waals surface area (Å²) >= 11 is 0. The fourth-order valence-electron chi connectivity index (χ4n) is 3.97. The van der Waals surface area contributed by atoms with Crippen molar-refractivity contribution in [1.82, 2.24) is 4.90 Å². The lowest BCUT2D eigenvalue weighted by Gasteiger charge is -2.31. The second-order valence-electron chi connectivity index (χ2n) is 7.55. The van der Waals surface area contributed by atoms with Crippen molar-refractivity contribution in [3.63, 3.8) is 0 Å². The lowest BCUT2D eigenvalue weighted by Crippen LogP contribution is -2.40. The number of nitrogens with zero attached hydrogens (tertiary/aromatic N) is 1. The Morgan fingerprint density at radius 2 is 1.71 bits per heavy atom. The van der Waals surface area contributed by atoms with Crippen molar-refractivity contribution in [1.29, 1.82) is 0 Å². The molecule has 0 bridgehead atoms. The Bertz CT molecular complexity index is 1030. The molecule has 2 aliphatic heterocycles. The fourth-order valence-corrected chi connectivity index (χ4v) is 3.97. The number of nitrogens with one attached hydrogen (secondary N) is 1. The minimum atomic E-state index is -0.237. The predicted octanol–water partition coefficient (Wildman–Crippen LogP) is 2.77. The minimum Gasteiger partial charge on any atom is -0.493 e. The third-order valence-electron chi connectivity index (χ3n) is 5.68. The van der Waals surface area contributed by atoms with E-state index >= 15 is 0 Å². The zero-order chi connectivity index (χ0) is 22.0. The van der Waals surface area contributed by atoms with Crippen molar-refractivity contribution in [2.24, 2.45) is 5.92 Å². The average Bonchev–Trinajstić information content (AvgIpc) is 2.82. The van der Waals surface area contributed by atoms with Gasteiger partial charge in [-0.2, -0.15) is 0 Å². The highest BCUT2D eigenvalue weighted by Crippen LogP contribution is 2.32. The maximum atomic E-state index is 13.0. The monoisotopic (exact) mass is 424 g/mol. The number of ether oxygens (including phenoxy) is 3. The van der Waals surface area contributed by atoms with Gasteiger partial charge >= 0.3 is 0 Å². The summed E-state index contributed by atoms with van der Waals surface area (Å²) in [5.41, 5.74) is 1.57. The van der Waals surface area contributed by atoms with E-state index in [1.165, 1.54) is 7.11 Å². The molecule has 8 nitrogen and oxygen atoms in total. The number of benzene rings is 2. The summed E-state index contributed by atoms with van der Waals surface area (Å²) in [7, 11) is 3.08. The Hall–Kier alpha value is -3.55. The highest BCUT2D eigenvalue weighted by molar-refractivity contribution is 6.02. The number of carbonyl (C=O) groups is 3. The van der Waals surface area contributed by atoms with E-state index in [2.05, 4.69) is 5.32 Å². The average molecular weight is 424 g/mol. The number of likely N-dealkylation sites (tertiary alicyclic amines) is 1. The molecule has 0 radical (unpaired) electrons. The standard InChI is InChI=1S/C23H24N2O6/c1-29-19-6-4-16(12-20(19)30-2)23(28)25-9-7-14(8-10-25)22(27)15-3-5-18-17(11-15)24-21(26)13-31-18/h3-6,11-12,14H,7-10,13H2,1-2H3,(H,24,26). The van der Waals surface area contributed by atoms with Crippen molar-refractivity contribution >= 4 is 23.3 Å². The van der Waals surface area contributed by atoms with Gasteiger partial charge in [0.05, 0.1) is 19.9 Å². The largest absolute Gasteiger partial charge is 0.493 e. The van der Waals surface area contributed by atoms with Crippen LogP contribution in [0.25, 0.3) is 0 Å². The zero-order valence-corrected chi connectivity index (χ0v) is 17.5. The molecule has 2 aromatic rings. The van der Waals surface area contributed by atoms with Gasteiger partial charge in [-0.1, -0.05) is 0 Å². The molecule has 162 valence electrons. The number of fused-ring (bicyclic) bond motifs is 1. The van der Waals surface area contributed by atoms with Crippen LogP contribution in [0.4, 0.5) is 5.69 Å². The number of amides is 2. The number of Topliss-reactive ketones (excluding diaryl/α,β-unsaturated/α-hetero) is 1. The first kappa shape index (κ1) is 20.7. The second kappa shape index (κ2) is 8.67. The van der Waals surface area contributed by atoms with Gasteiger partial charge in [-0.25, -0.2) is 0 Å². The summed E-state index contributed by atoms with van der Waals surface area (Å²) in [6.07, 6.45) is 1.16. The molecule has 1 saturated heterocycles. The van der Waals surface area contributed by atoms with Gasteiger partial charge in [0.15, 0.2) is 23.9 Å². The van der Waals surface area contributed by atoms with Crippen LogP contribution >= 0.6 is 0 Å². The van der Waals surface area contributed by atoms with E-state index < -0.39 is 0 Å². The van der Waals surface area contributed by atoms with Gasteiger partial charge in [0.2, 0.25) is 0 Å². The summed E-state index contributed by atoms with van der Waals surface area (Å²) in [6.45, 7) is 0.968. The van der Waals surface area contributed by atoms with E-state index in [1.807, 2.05) is 0 Å². The molecule has 0 atom stereocenters. The number of ketones is 1. The Balaban J connectivity index is 1.40. The highest BCUT2D eigenvalue weighted by Gasteiger charge is 2.29. The van der Waals surface area contributed by atoms with Crippen molar-refractivity contribution in [2.45, 2.75) is 12.8 Å². The Labute approximate surface area is 180 Å². The Kier molecular flexibility index (Phi) is 5.79. The molecule has 1 fully saturated rings. The molecule has 0 aliphatic carbocycles. The van der Waals surface area contributed by atoms with Crippen LogP contribution in [0.1, 0.15) is 33.6 Å². The van der Waals surface area contributed by atoms with Crippen LogP contribution in [-0.2, 0) is 4.79 Å². The van der Waals surface area contributed by atoms with Gasteiger partial charge in [-0.05, 0) is 49.2 Å². The van der Waals surface area contributed by atoms with Crippen LogP contribution in [0.5, 0.6) is 17.2 Å². The maximum absolute atomic E-state index is 13.0. The number of hydrogen-bond donors (Lipinski definition) is 1. The van der Waals surface area contributed by atoms with Crippen molar-refractivity contribution < 1.29 is 28.6 Å². The van der Waals surface area contributed by atoms with Crippen molar-refractivity contribution in [3.8, 4) is 17.2 Å². The SMILES string of the molecule is COc1ccc(C(=O)N2CCC(C(=O)c3ccc4c(c3)NC(=O)CO4)CC2)cc1OC. The quantitative estimate of drug-likeness (QED) is 0.742. The summed E-state index contributed by atoms with van der Waals surface area (Å²) in [5, 5.41) is 2.73. The lowest BCUT2D eigenvalue weighted by molar-refractivity contribution is -0.118. The zero-order valence-electron chi connectivity index (χ0n) is 17.5. The van der Waals surface area contributed by atoms with E-state index in [0.29, 0.717) is 60.0 Å². The molecule has 0 spiro atoms. The number of rotatable bonds is 5. The van der Waals surface area contributed by atoms with Crippen LogP contribution in [-0.4, -0.2) is 56.4 Å². The van der Waals surface area contributed by atoms with Crippen molar-refractivity contribution in [3.05, 3.63) is 47.5 Å². The van der Waals surface area contributed by atoms with E-state index in [0.717, 1.165) is 0 Å². The smallest absolute Gasteiger partial charge is 0.262 e. The molecular formula is C23H24N2O6. The number of carbonyl (C=O) groups excluding carboxylic acids is 3. The molecule has 4 rings (SSSR count). The minimum absolute atomic E-state index is 0.0147. The molecule has 2 heterocycles. The van der Waals surface area contributed by atoms with Crippen LogP contribution < -0.4 is 19.5 Å². The van der Waals surface area contributed by atoms with Gasteiger partial charge in [0.1, 0.15) is 5.75 Å². The number of piperidine rings is 1. The van der Waals surface area contributed by atoms with Gasteiger partial charge in [-0.3, -0.25) is 14.4 Å². The number of hydrogen-bond acceptors (Lipinski definition) is 6. The van der Waals surface area contributed by atoms with Gasteiger partial charge in [-0.15, -0.1) is 0 Å². The molecule has 2 aliphatic rings. The highest BCUT2D eigenvalue weighted by atomic mass is 16.5. The Morgan fingerprint density at radius 1 is 1.00 bits per heavy atom. The molecule has 0 unspecified atom stereocenters. The number of methoxy groups -OCH3 is 2. The molecule has 0 aromatic heterocycles. The molecule has 2 aromatic carbocycles. The van der Waals surface area contributed by atoms with E-state index in [-0.39, 0.29) is 30.1 Å². The van der Waals surface area contributed by atoms with Crippen LogP contribution in [0.2, 0.25) is 0 Å². The molecule has 1 N–H and O–H groups in total. The molecule has 8 heteroatoms. The molecule has 31 heavy (non-hydrogen) atoms. The molecule has 2 amide bonds. The van der Waals surface area contributed by atoms with Crippen molar-refractivity contribution in [2.75, 3.05) is 39.2 Å². The first-order valence-corrected chi connectivity index (χ1v) is 10.1. The van der Waals surface area contributed by atoms with Crippen LogP contribution in [0, 0.1) is 5.92 Å². The summed E-state index contributed by atoms with van der Waals surface area (Å²) in [6, 6.07) is 10.2. The van der Waals surface area contributed by atoms with E-state index in [9.17, 15) is 14.4 Å². The van der Waals surface area contributed by atoms with Gasteiger partial charge in [0.25, 0.3) is 11.8 Å². The molecular weight excluding hydrogens is 400 g/mol. The normalized spacial score (nSPS) is 16.1. The topological polar surface area (TPSA) is 94.2 Å². The third kappa shape index (κ3) is 4.19. The summed E-state index contributed by atoms with van der Waals surface area (Å²) in [5.74, 6) is 1.14. The second-order valence-corrected chi connectivity index (χ2v) is 7.55. The Morgan fingerprint density at radius 3 is 2.42 bits per heavy atom. The fraction of sp³-hybridized carbons (Fsp3) is 0.348. The van der Waals surface area contributed by atoms with Crippen LogP contribution in [0.3, 0.4) is 0 Å². The first-order valence-electron chi connectivity index (χ1n) is 10.1. The van der Waals surface area contributed by atoms with Crippen LogP contribution in [0.15, 0.2) is 36.4 Å². The van der Waals surface area contributed by atoms with Gasteiger partial charge < -0.3 is 24.4 Å². The molecule has 0 saturated carbocycles. The number of anilines is 1. The van der Waals surface area contributed by atoms with E-state index in [1.54, 1.807) is 48.4 Å².